The molecule has 0 radical (unpaired) electrons. The van der Waals surface area contributed by atoms with Crippen LogP contribution in [0.15, 0.2) is 36.4 Å². The molecule has 2 aromatic carbocycles. The number of nitrogens with one attached hydrogen (secondary N) is 1. The first-order valence-corrected chi connectivity index (χ1v) is 10.4. The summed E-state index contributed by atoms with van der Waals surface area (Å²) in [7, 11) is 1.90. The van der Waals surface area contributed by atoms with Crippen molar-refractivity contribution >= 4 is 34.3 Å². The second-order valence-electron chi connectivity index (χ2n) is 8.18. The number of hydrogen-bond donors (Lipinski definition) is 1. The topological polar surface area (TPSA) is 69.7 Å². The number of anilines is 1. The van der Waals surface area contributed by atoms with Crippen LogP contribution in [0.3, 0.4) is 0 Å². The van der Waals surface area contributed by atoms with Gasteiger partial charge in [0, 0.05) is 32.2 Å². The quantitative estimate of drug-likeness (QED) is 0.624. The molecule has 2 heterocycles. The van der Waals surface area contributed by atoms with Gasteiger partial charge in [-0.1, -0.05) is 56.5 Å². The number of fused-ring (bicyclic) bond motifs is 3. The normalized spacial score (nSPS) is 21.7. The fraction of sp³-hybridized carbons (Fsp3) is 0.435. The van der Waals surface area contributed by atoms with Crippen molar-refractivity contribution in [2.75, 3.05) is 25.0 Å². The summed E-state index contributed by atoms with van der Waals surface area (Å²) in [6, 6.07) is 11.5. The lowest BCUT2D eigenvalue weighted by Crippen LogP contribution is -2.68. The highest BCUT2D eigenvalue weighted by Gasteiger charge is 2.56. The van der Waals surface area contributed by atoms with Crippen LogP contribution in [0.4, 0.5) is 10.5 Å². The Morgan fingerprint density at radius 2 is 1.83 bits per heavy atom. The number of benzene rings is 2. The third-order valence-corrected chi connectivity index (χ3v) is 6.20. The Hall–Kier alpha value is -2.89. The summed E-state index contributed by atoms with van der Waals surface area (Å²) in [5, 5.41) is 4.58. The number of nitrogens with zero attached hydrogens (tertiary/aromatic N) is 2. The molecular weight excluding hydrogens is 366 g/mol. The summed E-state index contributed by atoms with van der Waals surface area (Å²) in [5.74, 6) is -0.851. The molecule has 0 aromatic heterocycles. The van der Waals surface area contributed by atoms with E-state index in [0.717, 1.165) is 47.7 Å². The monoisotopic (exact) mass is 393 g/mol. The number of unbranched alkanes of at least 4 members (excludes halogenated alkanes) is 3. The average Bonchev–Trinajstić information content (AvgIpc) is 2.72. The highest BCUT2D eigenvalue weighted by atomic mass is 16.2. The van der Waals surface area contributed by atoms with Crippen LogP contribution in [0, 0.1) is 5.41 Å². The first-order valence-electron chi connectivity index (χ1n) is 10.4. The maximum Gasteiger partial charge on any atom is 0.330 e. The van der Waals surface area contributed by atoms with Gasteiger partial charge in [-0.25, -0.2) is 4.79 Å². The van der Waals surface area contributed by atoms with E-state index < -0.39 is 17.4 Å². The molecule has 2 aliphatic heterocycles. The minimum Gasteiger partial charge on any atom is -0.373 e. The van der Waals surface area contributed by atoms with Gasteiger partial charge in [0.05, 0.1) is 0 Å². The SMILES string of the molecule is CCCCCCN1C(=O)NC(=O)C2(Cc3c(ccc4ccccc34)N(C)C2)C1=O. The minimum atomic E-state index is -1.27. The van der Waals surface area contributed by atoms with Crippen molar-refractivity contribution in [2.45, 2.75) is 39.0 Å². The van der Waals surface area contributed by atoms with Gasteiger partial charge in [-0.2, -0.15) is 0 Å². The van der Waals surface area contributed by atoms with E-state index >= 15 is 0 Å². The molecule has 6 heteroatoms. The van der Waals surface area contributed by atoms with Crippen LogP contribution in [0.5, 0.6) is 0 Å². The van der Waals surface area contributed by atoms with Crippen LogP contribution >= 0.6 is 0 Å². The third kappa shape index (κ3) is 3.16. The first-order chi connectivity index (χ1) is 14.0. The number of carbonyl (C=O) groups excluding carboxylic acids is 3. The molecule has 152 valence electrons. The standard InChI is InChI=1S/C23H27N3O3/c1-3-4-5-8-13-26-21(28)23(20(27)24-22(26)29)14-18-17-10-7-6-9-16(17)11-12-19(18)25(2)15-23/h6-7,9-12H,3-5,8,13-15H2,1-2H3,(H,24,27,29). The van der Waals surface area contributed by atoms with Gasteiger partial charge in [0.25, 0.3) is 0 Å². The summed E-state index contributed by atoms with van der Waals surface area (Å²) < 4.78 is 0. The molecule has 6 nitrogen and oxygen atoms in total. The van der Waals surface area contributed by atoms with Crippen LogP contribution in [0.2, 0.25) is 0 Å². The second-order valence-corrected chi connectivity index (χ2v) is 8.18. The molecule has 1 fully saturated rings. The van der Waals surface area contributed by atoms with Gasteiger partial charge in [-0.15, -0.1) is 0 Å². The van der Waals surface area contributed by atoms with E-state index in [-0.39, 0.29) is 12.5 Å². The Bertz CT molecular complexity index is 986. The van der Waals surface area contributed by atoms with E-state index in [2.05, 4.69) is 18.3 Å². The molecule has 2 aliphatic rings. The number of urea groups is 1. The van der Waals surface area contributed by atoms with Gasteiger partial charge < -0.3 is 4.90 Å². The van der Waals surface area contributed by atoms with E-state index in [1.165, 1.54) is 4.90 Å². The van der Waals surface area contributed by atoms with Crippen LogP contribution < -0.4 is 10.2 Å². The fourth-order valence-corrected chi connectivity index (χ4v) is 4.64. The summed E-state index contributed by atoms with van der Waals surface area (Å²) in [5.41, 5.74) is 0.742. The van der Waals surface area contributed by atoms with Crippen molar-refractivity contribution in [3.63, 3.8) is 0 Å². The summed E-state index contributed by atoms with van der Waals surface area (Å²) in [4.78, 5) is 42.1. The van der Waals surface area contributed by atoms with E-state index in [1.807, 2.05) is 42.3 Å². The van der Waals surface area contributed by atoms with Crippen LogP contribution in [-0.4, -0.2) is 42.9 Å². The zero-order valence-electron chi connectivity index (χ0n) is 17.0. The Morgan fingerprint density at radius 3 is 2.62 bits per heavy atom. The lowest BCUT2D eigenvalue weighted by Gasteiger charge is -2.45. The Morgan fingerprint density at radius 1 is 1.03 bits per heavy atom. The predicted octanol–water partition coefficient (Wildman–Crippen LogP) is 3.48. The Labute approximate surface area is 170 Å². The first kappa shape index (κ1) is 19.4. The molecule has 1 N–H and O–H groups in total. The largest absolute Gasteiger partial charge is 0.373 e. The van der Waals surface area contributed by atoms with Gasteiger partial charge >= 0.3 is 6.03 Å². The van der Waals surface area contributed by atoms with Crippen LogP contribution in [0.25, 0.3) is 10.8 Å². The zero-order chi connectivity index (χ0) is 20.6. The smallest absolute Gasteiger partial charge is 0.330 e. The number of carbonyl (C=O) groups is 3. The fourth-order valence-electron chi connectivity index (χ4n) is 4.64. The third-order valence-electron chi connectivity index (χ3n) is 6.20. The highest BCUT2D eigenvalue weighted by Crippen LogP contribution is 2.42. The van der Waals surface area contributed by atoms with Gasteiger partial charge in [-0.3, -0.25) is 19.8 Å². The summed E-state index contributed by atoms with van der Waals surface area (Å²) in [6.07, 6.45) is 4.17. The van der Waals surface area contributed by atoms with Crippen LogP contribution in [-0.2, 0) is 16.0 Å². The molecule has 1 saturated heterocycles. The zero-order valence-corrected chi connectivity index (χ0v) is 17.0. The van der Waals surface area contributed by atoms with Crippen molar-refractivity contribution in [2.24, 2.45) is 5.41 Å². The molecule has 2 aromatic rings. The summed E-state index contributed by atoms with van der Waals surface area (Å²) >= 11 is 0. The number of barbiturate groups is 1. The molecule has 0 bridgehead atoms. The molecule has 29 heavy (non-hydrogen) atoms. The maximum absolute atomic E-state index is 13.5. The van der Waals surface area contributed by atoms with Gasteiger partial charge in [0.1, 0.15) is 5.41 Å². The molecule has 4 rings (SSSR count). The minimum absolute atomic E-state index is 0.266. The molecule has 0 saturated carbocycles. The Balaban J connectivity index is 1.71. The van der Waals surface area contributed by atoms with Crippen LogP contribution in [0.1, 0.15) is 38.2 Å². The molecule has 0 aliphatic carbocycles. The van der Waals surface area contributed by atoms with E-state index in [1.54, 1.807) is 0 Å². The number of imide groups is 2. The number of amides is 4. The molecule has 1 unspecified atom stereocenters. The van der Waals surface area contributed by atoms with Crippen molar-refractivity contribution in [1.82, 2.24) is 10.2 Å². The Kier molecular flexibility index (Phi) is 5.03. The molecular formula is C23H27N3O3. The second kappa shape index (κ2) is 7.50. The lowest BCUT2D eigenvalue weighted by molar-refractivity contribution is -0.151. The predicted molar refractivity (Wildman–Crippen MR) is 113 cm³/mol. The maximum atomic E-state index is 13.5. The van der Waals surface area contributed by atoms with Gasteiger partial charge in [0.15, 0.2) is 0 Å². The van der Waals surface area contributed by atoms with E-state index in [9.17, 15) is 14.4 Å². The van der Waals surface area contributed by atoms with E-state index in [4.69, 9.17) is 0 Å². The van der Waals surface area contributed by atoms with Crippen molar-refractivity contribution in [3.8, 4) is 0 Å². The van der Waals surface area contributed by atoms with Crippen molar-refractivity contribution < 1.29 is 14.4 Å². The molecule has 1 atom stereocenters. The number of rotatable bonds is 5. The van der Waals surface area contributed by atoms with Gasteiger partial charge in [0.2, 0.25) is 11.8 Å². The van der Waals surface area contributed by atoms with Gasteiger partial charge in [-0.05, 0) is 28.8 Å². The molecule has 4 amide bonds. The summed E-state index contributed by atoms with van der Waals surface area (Å²) in [6.45, 7) is 2.74. The van der Waals surface area contributed by atoms with E-state index in [0.29, 0.717) is 13.0 Å². The highest BCUT2D eigenvalue weighted by molar-refractivity contribution is 6.20. The molecule has 1 spiro atoms. The lowest BCUT2D eigenvalue weighted by atomic mass is 9.73. The van der Waals surface area contributed by atoms with Crippen molar-refractivity contribution in [3.05, 3.63) is 42.0 Å². The van der Waals surface area contributed by atoms with Crippen molar-refractivity contribution in [1.29, 1.82) is 0 Å². The average molecular weight is 393 g/mol. The number of hydrogen-bond acceptors (Lipinski definition) is 4.